The Kier molecular flexibility index (Phi) is 2.84. The summed E-state index contributed by atoms with van der Waals surface area (Å²) in [6.07, 6.45) is 2.66. The number of nitrogens with two attached hydrogens (primary N) is 1. The molecule has 2 aliphatic heterocycles. The van der Waals surface area contributed by atoms with E-state index in [-0.39, 0.29) is 0 Å². The minimum absolute atomic E-state index is 0.346. The molecular formula is C11H22N2S. The maximum Gasteiger partial charge on any atom is 0.0422 e. The normalized spacial score (nSPS) is 37.9. The molecule has 0 saturated carbocycles. The van der Waals surface area contributed by atoms with Crippen LogP contribution in [-0.2, 0) is 0 Å². The third kappa shape index (κ3) is 1.82. The van der Waals surface area contributed by atoms with Crippen LogP contribution in [0.5, 0.6) is 0 Å². The van der Waals surface area contributed by atoms with E-state index in [0.717, 1.165) is 6.54 Å². The summed E-state index contributed by atoms with van der Waals surface area (Å²) in [7, 11) is 0. The van der Waals surface area contributed by atoms with E-state index in [1.54, 1.807) is 0 Å². The smallest absolute Gasteiger partial charge is 0.0422 e. The Bertz CT molecular complexity index is 201. The van der Waals surface area contributed by atoms with E-state index < -0.39 is 0 Å². The fourth-order valence-electron chi connectivity index (χ4n) is 2.70. The highest BCUT2D eigenvalue weighted by molar-refractivity contribution is 7.99. The molecule has 2 N–H and O–H groups in total. The van der Waals surface area contributed by atoms with Crippen LogP contribution in [0.25, 0.3) is 0 Å². The van der Waals surface area contributed by atoms with Crippen molar-refractivity contribution in [2.24, 2.45) is 11.1 Å². The van der Waals surface area contributed by atoms with Gasteiger partial charge in [-0.2, -0.15) is 11.8 Å². The van der Waals surface area contributed by atoms with E-state index in [1.165, 1.54) is 37.4 Å². The minimum Gasteiger partial charge on any atom is -0.329 e. The molecule has 0 amide bonds. The molecule has 2 aliphatic rings. The second-order valence-electron chi connectivity index (χ2n) is 5.60. The Morgan fingerprint density at radius 3 is 2.50 bits per heavy atom. The van der Waals surface area contributed by atoms with Gasteiger partial charge in [0.2, 0.25) is 0 Å². The monoisotopic (exact) mass is 214 g/mol. The maximum atomic E-state index is 5.98. The largest absolute Gasteiger partial charge is 0.329 e. The molecule has 0 aromatic carbocycles. The van der Waals surface area contributed by atoms with Gasteiger partial charge in [0, 0.05) is 30.9 Å². The van der Waals surface area contributed by atoms with E-state index >= 15 is 0 Å². The summed E-state index contributed by atoms with van der Waals surface area (Å²) in [4.78, 5) is 2.62. The topological polar surface area (TPSA) is 29.3 Å². The van der Waals surface area contributed by atoms with Gasteiger partial charge in [0.1, 0.15) is 0 Å². The van der Waals surface area contributed by atoms with Crippen LogP contribution in [-0.4, -0.2) is 41.6 Å². The fraction of sp³-hybridized carbons (Fsp3) is 1.00. The number of hydrogen-bond donors (Lipinski definition) is 1. The number of hydrogen-bond acceptors (Lipinski definition) is 3. The van der Waals surface area contributed by atoms with Crippen molar-refractivity contribution >= 4 is 11.8 Å². The second-order valence-corrected chi connectivity index (χ2v) is 6.71. The third-order valence-electron chi connectivity index (χ3n) is 3.59. The Morgan fingerprint density at radius 2 is 2.07 bits per heavy atom. The van der Waals surface area contributed by atoms with E-state index in [2.05, 4.69) is 30.5 Å². The lowest BCUT2D eigenvalue weighted by Crippen LogP contribution is -2.67. The molecule has 0 aromatic rings. The molecule has 82 valence electrons. The zero-order valence-electron chi connectivity index (χ0n) is 9.38. The van der Waals surface area contributed by atoms with Crippen LogP contribution < -0.4 is 5.73 Å². The first kappa shape index (κ1) is 10.8. The summed E-state index contributed by atoms with van der Waals surface area (Å²) in [5.41, 5.74) is 6.86. The summed E-state index contributed by atoms with van der Waals surface area (Å²) in [6, 6.07) is 0. The zero-order valence-corrected chi connectivity index (χ0v) is 10.2. The van der Waals surface area contributed by atoms with Gasteiger partial charge in [0.05, 0.1) is 0 Å². The Labute approximate surface area is 91.6 Å². The lowest BCUT2D eigenvalue weighted by molar-refractivity contribution is -0.0512. The summed E-state index contributed by atoms with van der Waals surface area (Å²) < 4.78 is 0. The first-order valence-corrected chi connectivity index (χ1v) is 6.76. The van der Waals surface area contributed by atoms with E-state index in [9.17, 15) is 0 Å². The summed E-state index contributed by atoms with van der Waals surface area (Å²) in [6.45, 7) is 8.03. The van der Waals surface area contributed by atoms with Gasteiger partial charge in [0.15, 0.2) is 0 Å². The first-order valence-electron chi connectivity index (χ1n) is 5.61. The van der Waals surface area contributed by atoms with Crippen LogP contribution in [0.3, 0.4) is 0 Å². The van der Waals surface area contributed by atoms with Crippen molar-refractivity contribution < 1.29 is 0 Å². The van der Waals surface area contributed by atoms with Crippen molar-refractivity contribution in [3.63, 3.8) is 0 Å². The molecule has 0 bridgehead atoms. The summed E-state index contributed by atoms with van der Waals surface area (Å²) >= 11 is 2.08. The van der Waals surface area contributed by atoms with Gasteiger partial charge in [-0.25, -0.2) is 0 Å². The van der Waals surface area contributed by atoms with E-state index in [4.69, 9.17) is 5.73 Å². The van der Waals surface area contributed by atoms with Gasteiger partial charge in [-0.05, 0) is 24.0 Å². The van der Waals surface area contributed by atoms with Crippen LogP contribution in [0.1, 0.15) is 26.7 Å². The van der Waals surface area contributed by atoms with Crippen LogP contribution in [0.15, 0.2) is 0 Å². The number of rotatable bonds is 2. The minimum atomic E-state index is 0.346. The van der Waals surface area contributed by atoms with Gasteiger partial charge >= 0.3 is 0 Å². The molecule has 0 aliphatic carbocycles. The van der Waals surface area contributed by atoms with Crippen molar-refractivity contribution in [1.82, 2.24) is 4.90 Å². The van der Waals surface area contributed by atoms with Crippen molar-refractivity contribution in [3.05, 3.63) is 0 Å². The van der Waals surface area contributed by atoms with Crippen LogP contribution >= 0.6 is 11.8 Å². The van der Waals surface area contributed by atoms with Gasteiger partial charge in [0.25, 0.3) is 0 Å². The molecule has 2 fully saturated rings. The van der Waals surface area contributed by atoms with Gasteiger partial charge in [-0.15, -0.1) is 0 Å². The highest BCUT2D eigenvalue weighted by atomic mass is 32.2. The first-order chi connectivity index (χ1) is 6.58. The van der Waals surface area contributed by atoms with Crippen molar-refractivity contribution in [2.45, 2.75) is 32.2 Å². The summed E-state index contributed by atoms with van der Waals surface area (Å²) in [5, 5.41) is 0. The average Bonchev–Trinajstić information content (AvgIpc) is 2.15. The quantitative estimate of drug-likeness (QED) is 0.756. The van der Waals surface area contributed by atoms with Crippen molar-refractivity contribution in [2.75, 3.05) is 31.1 Å². The van der Waals surface area contributed by atoms with Crippen molar-refractivity contribution in [3.8, 4) is 0 Å². The number of likely N-dealkylation sites (tertiary alicyclic amines) is 1. The Balaban J connectivity index is 1.99. The lowest BCUT2D eigenvalue weighted by atomic mass is 9.78. The Morgan fingerprint density at radius 1 is 1.36 bits per heavy atom. The van der Waals surface area contributed by atoms with Crippen LogP contribution in [0.4, 0.5) is 0 Å². The van der Waals surface area contributed by atoms with Gasteiger partial charge < -0.3 is 5.73 Å². The predicted molar refractivity (Wildman–Crippen MR) is 63.7 cm³/mol. The van der Waals surface area contributed by atoms with Gasteiger partial charge in [-0.1, -0.05) is 13.8 Å². The molecule has 0 radical (unpaired) electrons. The van der Waals surface area contributed by atoms with E-state index in [0.29, 0.717) is 11.0 Å². The summed E-state index contributed by atoms with van der Waals surface area (Å²) in [5.74, 6) is 2.58. The maximum absolute atomic E-state index is 5.98. The molecule has 0 spiro atoms. The number of thioether (sulfide) groups is 1. The van der Waals surface area contributed by atoms with Crippen LogP contribution in [0, 0.1) is 5.41 Å². The molecule has 2 saturated heterocycles. The molecule has 14 heavy (non-hydrogen) atoms. The number of nitrogens with zero attached hydrogens (tertiary/aromatic N) is 1. The third-order valence-corrected chi connectivity index (χ3v) is 4.91. The lowest BCUT2D eigenvalue weighted by Gasteiger charge is -2.57. The van der Waals surface area contributed by atoms with Crippen molar-refractivity contribution in [1.29, 1.82) is 0 Å². The van der Waals surface area contributed by atoms with Gasteiger partial charge in [-0.3, -0.25) is 4.90 Å². The molecule has 1 unspecified atom stereocenters. The molecule has 0 aromatic heterocycles. The molecule has 3 heteroatoms. The predicted octanol–water partition coefficient (Wildman–Crippen LogP) is 1.55. The highest BCUT2D eigenvalue weighted by Crippen LogP contribution is 2.40. The molecular weight excluding hydrogens is 192 g/mol. The van der Waals surface area contributed by atoms with E-state index in [1.807, 2.05) is 0 Å². The zero-order chi connectivity index (χ0) is 10.2. The molecule has 1 atom stereocenters. The average molecular weight is 214 g/mol. The fourth-order valence-corrected chi connectivity index (χ4v) is 4.02. The molecule has 2 heterocycles. The standard InChI is InChI=1S/C11H22N2S/c1-10(2)7-13(8-10)11(6-12)4-3-5-14-9-11/h3-9,12H2,1-2H3. The SMILES string of the molecule is CC1(C)CN(C2(CN)CCCSC2)C1. The Hall–Kier alpha value is 0.270. The molecule has 2 rings (SSSR count). The molecule has 2 nitrogen and oxygen atoms in total. The second kappa shape index (κ2) is 3.69. The highest BCUT2D eigenvalue weighted by Gasteiger charge is 2.46. The van der Waals surface area contributed by atoms with Crippen LogP contribution in [0.2, 0.25) is 0 Å².